The third-order valence-corrected chi connectivity index (χ3v) is 6.92. The molecule has 0 aliphatic carbocycles. The van der Waals surface area contributed by atoms with Gasteiger partial charge in [-0.1, -0.05) is 35.9 Å². The first-order chi connectivity index (χ1) is 15.9. The molecular formula is C27H35N3O3. The number of likely N-dealkylation sites (N-methyl/N-ethyl adjacent to an activating group) is 1. The average molecular weight is 450 g/mol. The van der Waals surface area contributed by atoms with Crippen LogP contribution in [-0.2, 0) is 4.79 Å². The van der Waals surface area contributed by atoms with Gasteiger partial charge in [0.15, 0.2) is 0 Å². The summed E-state index contributed by atoms with van der Waals surface area (Å²) in [5.74, 6) is 1.00. The Kier molecular flexibility index (Phi) is 7.33. The summed E-state index contributed by atoms with van der Waals surface area (Å²) in [5.41, 5.74) is 1.44. The Labute approximate surface area is 197 Å². The molecule has 6 nitrogen and oxygen atoms in total. The van der Waals surface area contributed by atoms with Gasteiger partial charge < -0.3 is 19.4 Å². The number of carbonyl (C=O) groups is 2. The molecule has 2 aliphatic heterocycles. The summed E-state index contributed by atoms with van der Waals surface area (Å²) in [6.07, 6.45) is 2.14. The molecule has 0 unspecified atom stereocenters. The summed E-state index contributed by atoms with van der Waals surface area (Å²) in [7, 11) is 2.09. The van der Waals surface area contributed by atoms with Gasteiger partial charge in [-0.25, -0.2) is 0 Å². The fourth-order valence-corrected chi connectivity index (χ4v) is 4.81. The summed E-state index contributed by atoms with van der Waals surface area (Å²) in [6.45, 7) is 7.01. The number of aryl methyl sites for hydroxylation is 1. The molecule has 33 heavy (non-hydrogen) atoms. The van der Waals surface area contributed by atoms with Crippen molar-refractivity contribution in [3.63, 3.8) is 0 Å². The first-order valence-corrected chi connectivity index (χ1v) is 11.9. The molecule has 6 heteroatoms. The van der Waals surface area contributed by atoms with Gasteiger partial charge in [-0.15, -0.1) is 0 Å². The van der Waals surface area contributed by atoms with Crippen molar-refractivity contribution in [3.8, 4) is 5.75 Å². The van der Waals surface area contributed by atoms with Gasteiger partial charge in [0.2, 0.25) is 5.91 Å². The molecule has 2 amide bonds. The highest BCUT2D eigenvalue weighted by Crippen LogP contribution is 2.36. The molecule has 0 bridgehead atoms. The third kappa shape index (κ3) is 5.93. The highest BCUT2D eigenvalue weighted by atomic mass is 16.5. The zero-order valence-electron chi connectivity index (χ0n) is 19.8. The van der Waals surface area contributed by atoms with Crippen LogP contribution < -0.4 is 4.74 Å². The molecule has 0 N–H and O–H groups in total. The maximum atomic E-state index is 13.3. The number of hydrogen-bond acceptors (Lipinski definition) is 4. The highest BCUT2D eigenvalue weighted by Gasteiger charge is 2.41. The predicted molar refractivity (Wildman–Crippen MR) is 129 cm³/mol. The number of piperidine rings is 1. The molecule has 176 valence electrons. The van der Waals surface area contributed by atoms with Crippen LogP contribution in [0.2, 0.25) is 0 Å². The molecule has 1 atom stereocenters. The number of likely N-dealkylation sites (tertiary alicyclic amines) is 1. The number of para-hydroxylation sites is 1. The van der Waals surface area contributed by atoms with Crippen molar-refractivity contribution < 1.29 is 14.3 Å². The van der Waals surface area contributed by atoms with Crippen molar-refractivity contribution >= 4 is 11.8 Å². The Morgan fingerprint density at radius 3 is 2.30 bits per heavy atom. The lowest BCUT2D eigenvalue weighted by Gasteiger charge is -2.43. The number of hydrogen-bond donors (Lipinski definition) is 0. The highest BCUT2D eigenvalue weighted by molar-refractivity contribution is 5.94. The van der Waals surface area contributed by atoms with Crippen molar-refractivity contribution in [2.45, 2.75) is 26.2 Å². The fourth-order valence-electron chi connectivity index (χ4n) is 4.81. The number of nitrogens with zero attached hydrogens (tertiary/aromatic N) is 3. The van der Waals surface area contributed by atoms with Crippen LogP contribution in [0.1, 0.15) is 35.2 Å². The molecule has 0 spiro atoms. The first kappa shape index (κ1) is 23.3. The van der Waals surface area contributed by atoms with Crippen LogP contribution in [0.25, 0.3) is 0 Å². The van der Waals surface area contributed by atoms with Crippen LogP contribution >= 0.6 is 0 Å². The maximum Gasteiger partial charge on any atom is 0.253 e. The lowest BCUT2D eigenvalue weighted by molar-refractivity contribution is -0.137. The van der Waals surface area contributed by atoms with Gasteiger partial charge in [-0.2, -0.15) is 0 Å². The van der Waals surface area contributed by atoms with E-state index < -0.39 is 5.41 Å². The maximum absolute atomic E-state index is 13.3. The van der Waals surface area contributed by atoms with Crippen LogP contribution in [0.4, 0.5) is 0 Å². The van der Waals surface area contributed by atoms with Gasteiger partial charge in [0, 0.05) is 56.7 Å². The molecule has 2 aromatic carbocycles. The molecule has 2 heterocycles. The summed E-state index contributed by atoms with van der Waals surface area (Å²) in [4.78, 5) is 32.7. The zero-order valence-corrected chi connectivity index (χ0v) is 19.8. The largest absolute Gasteiger partial charge is 0.493 e. The van der Waals surface area contributed by atoms with E-state index in [1.165, 1.54) is 0 Å². The molecular weight excluding hydrogens is 414 g/mol. The average Bonchev–Trinajstić information content (AvgIpc) is 2.84. The van der Waals surface area contributed by atoms with E-state index in [4.69, 9.17) is 4.74 Å². The smallest absolute Gasteiger partial charge is 0.253 e. The van der Waals surface area contributed by atoms with Gasteiger partial charge in [0.25, 0.3) is 5.91 Å². The lowest BCUT2D eigenvalue weighted by atomic mass is 9.77. The van der Waals surface area contributed by atoms with Crippen molar-refractivity contribution in [1.82, 2.24) is 14.7 Å². The van der Waals surface area contributed by atoms with Gasteiger partial charge in [0.1, 0.15) is 5.75 Å². The monoisotopic (exact) mass is 449 g/mol. The third-order valence-electron chi connectivity index (χ3n) is 6.92. The Balaban J connectivity index is 1.51. The summed E-state index contributed by atoms with van der Waals surface area (Å²) in [6, 6.07) is 17.5. The predicted octanol–water partition coefficient (Wildman–Crippen LogP) is 3.46. The number of piperazine rings is 1. The minimum Gasteiger partial charge on any atom is -0.493 e. The zero-order chi connectivity index (χ0) is 23.3. The van der Waals surface area contributed by atoms with E-state index in [1.807, 2.05) is 71.3 Å². The Morgan fingerprint density at radius 2 is 1.61 bits per heavy atom. The van der Waals surface area contributed by atoms with Crippen molar-refractivity contribution in [2.24, 2.45) is 5.41 Å². The number of amides is 2. The lowest BCUT2D eigenvalue weighted by Crippen LogP contribution is -2.53. The molecule has 2 aromatic rings. The second-order valence-electron chi connectivity index (χ2n) is 9.66. The molecule has 2 aliphatic rings. The molecule has 0 radical (unpaired) electrons. The van der Waals surface area contributed by atoms with Crippen LogP contribution in [0.5, 0.6) is 5.75 Å². The van der Waals surface area contributed by atoms with Crippen LogP contribution in [0.3, 0.4) is 0 Å². The molecule has 0 aromatic heterocycles. The SMILES string of the molecule is Cc1ccc(C(=O)N2CCC[C@](COc3ccccc3)(CC(=O)N3CCN(C)CC3)C2)cc1. The second kappa shape index (κ2) is 10.4. The summed E-state index contributed by atoms with van der Waals surface area (Å²) >= 11 is 0. The fraction of sp³-hybridized carbons (Fsp3) is 0.481. The van der Waals surface area contributed by atoms with E-state index >= 15 is 0 Å². The van der Waals surface area contributed by atoms with E-state index in [0.717, 1.165) is 50.3 Å². The molecule has 4 rings (SSSR count). The number of ether oxygens (including phenoxy) is 1. The Morgan fingerprint density at radius 1 is 0.909 bits per heavy atom. The topological polar surface area (TPSA) is 53.1 Å². The van der Waals surface area contributed by atoms with Crippen LogP contribution in [0.15, 0.2) is 54.6 Å². The molecule has 0 saturated carbocycles. The first-order valence-electron chi connectivity index (χ1n) is 11.9. The van der Waals surface area contributed by atoms with Crippen molar-refractivity contribution in [3.05, 3.63) is 65.7 Å². The van der Waals surface area contributed by atoms with Gasteiger partial charge in [-0.05, 0) is 51.1 Å². The van der Waals surface area contributed by atoms with E-state index in [0.29, 0.717) is 31.7 Å². The molecule has 2 saturated heterocycles. The van der Waals surface area contributed by atoms with E-state index in [2.05, 4.69) is 11.9 Å². The number of carbonyl (C=O) groups excluding carboxylic acids is 2. The van der Waals surface area contributed by atoms with Crippen molar-refractivity contribution in [1.29, 1.82) is 0 Å². The van der Waals surface area contributed by atoms with E-state index in [1.54, 1.807) is 0 Å². The van der Waals surface area contributed by atoms with Crippen LogP contribution in [-0.4, -0.2) is 79.4 Å². The van der Waals surface area contributed by atoms with Crippen LogP contribution in [0, 0.1) is 12.3 Å². The quantitative estimate of drug-likeness (QED) is 0.678. The van der Waals surface area contributed by atoms with Gasteiger partial charge in [-0.3, -0.25) is 9.59 Å². The molecule has 2 fully saturated rings. The minimum atomic E-state index is -0.394. The standard InChI is InChI=1S/C27H35N3O3/c1-22-9-11-23(12-10-22)26(32)30-14-6-13-27(20-30,21-33-24-7-4-3-5-8-24)19-25(31)29-17-15-28(2)16-18-29/h3-5,7-12H,6,13-21H2,1-2H3/t27-/m0/s1. The number of benzene rings is 2. The van der Waals surface area contributed by atoms with Gasteiger partial charge >= 0.3 is 0 Å². The summed E-state index contributed by atoms with van der Waals surface area (Å²) in [5, 5.41) is 0. The van der Waals surface area contributed by atoms with E-state index in [-0.39, 0.29) is 11.8 Å². The van der Waals surface area contributed by atoms with E-state index in [9.17, 15) is 9.59 Å². The van der Waals surface area contributed by atoms with Crippen molar-refractivity contribution in [2.75, 3.05) is 52.9 Å². The van der Waals surface area contributed by atoms with Gasteiger partial charge in [0.05, 0.1) is 6.61 Å². The normalized spacial score (nSPS) is 21.6. The number of rotatable bonds is 6. The Bertz CT molecular complexity index is 939. The minimum absolute atomic E-state index is 0.0332. The second-order valence-corrected chi connectivity index (χ2v) is 9.66. The summed E-state index contributed by atoms with van der Waals surface area (Å²) < 4.78 is 6.19. The Hall–Kier alpha value is -2.86.